The number of nitrogens with one attached hydrogen (secondary N) is 3. The van der Waals surface area contributed by atoms with Gasteiger partial charge in [-0.2, -0.15) is 0 Å². The summed E-state index contributed by atoms with van der Waals surface area (Å²) in [5.41, 5.74) is 3.26. The van der Waals surface area contributed by atoms with Crippen molar-refractivity contribution in [2.45, 2.75) is 56.2 Å². The van der Waals surface area contributed by atoms with Gasteiger partial charge in [-0.25, -0.2) is 13.2 Å². The van der Waals surface area contributed by atoms with E-state index in [1.54, 1.807) is 13.8 Å². The quantitative estimate of drug-likeness (QED) is 0.391. The van der Waals surface area contributed by atoms with Gasteiger partial charge in [0.25, 0.3) is 0 Å². The lowest BCUT2D eigenvalue weighted by atomic mass is 9.96. The van der Waals surface area contributed by atoms with Crippen LogP contribution in [0.15, 0.2) is 71.6 Å². The summed E-state index contributed by atoms with van der Waals surface area (Å²) in [6, 6.07) is 19.0. The molecule has 1 aliphatic rings. The molecule has 8 heteroatoms. The molecule has 3 aromatic carbocycles. The number of amides is 2. The molecule has 35 heavy (non-hydrogen) atoms. The molecule has 0 spiro atoms. The van der Waals surface area contributed by atoms with Gasteiger partial charge < -0.3 is 21.1 Å². The van der Waals surface area contributed by atoms with E-state index < -0.39 is 21.5 Å². The second-order valence-electron chi connectivity index (χ2n) is 9.46. The normalized spacial score (nSPS) is 14.3. The summed E-state index contributed by atoms with van der Waals surface area (Å²) >= 11 is 0. The van der Waals surface area contributed by atoms with Gasteiger partial charge in [-0.05, 0) is 61.2 Å². The lowest BCUT2D eigenvalue weighted by Gasteiger charge is -2.24. The number of urea groups is 1. The van der Waals surface area contributed by atoms with Crippen LogP contribution in [0.1, 0.15) is 54.6 Å². The van der Waals surface area contributed by atoms with Crippen molar-refractivity contribution in [2.24, 2.45) is 0 Å². The van der Waals surface area contributed by atoms with E-state index in [9.17, 15) is 18.3 Å². The van der Waals surface area contributed by atoms with Crippen LogP contribution in [-0.4, -0.2) is 19.6 Å². The van der Waals surface area contributed by atoms with E-state index in [1.165, 1.54) is 23.8 Å². The predicted octanol–water partition coefficient (Wildman–Crippen LogP) is 4.37. The molecule has 1 atom stereocenters. The van der Waals surface area contributed by atoms with E-state index in [0.29, 0.717) is 16.8 Å². The molecule has 0 bridgehead atoms. The molecule has 7 nitrogen and oxygen atoms in total. The van der Waals surface area contributed by atoms with Crippen LogP contribution in [0, 0.1) is 0 Å². The summed E-state index contributed by atoms with van der Waals surface area (Å²) in [6.45, 7) is 6.52. The summed E-state index contributed by atoms with van der Waals surface area (Å²) in [5.74, 6) is -0.145. The molecule has 2 amide bonds. The Balaban J connectivity index is 1.55. The zero-order chi connectivity index (χ0) is 25.2. The van der Waals surface area contributed by atoms with Crippen molar-refractivity contribution < 1.29 is 18.3 Å². The van der Waals surface area contributed by atoms with Gasteiger partial charge in [0.1, 0.15) is 0 Å². The smallest absolute Gasteiger partial charge is 0.319 e. The number of fused-ring (bicyclic) bond motifs is 1. The average Bonchev–Trinajstić information content (AvgIpc) is 3.26. The molecule has 0 saturated heterocycles. The zero-order valence-corrected chi connectivity index (χ0v) is 20.9. The Morgan fingerprint density at radius 2 is 1.74 bits per heavy atom. The molecule has 0 aliphatic carbocycles. The fourth-order valence-corrected chi connectivity index (χ4v) is 5.61. The number of carbonyl (C=O) groups excluding carboxylic acids is 1. The highest BCUT2D eigenvalue weighted by Gasteiger charge is 2.26. The van der Waals surface area contributed by atoms with E-state index in [4.69, 9.17) is 0 Å². The summed E-state index contributed by atoms with van der Waals surface area (Å²) in [7, 11) is -3.67. The van der Waals surface area contributed by atoms with E-state index in [-0.39, 0.29) is 16.7 Å². The van der Waals surface area contributed by atoms with Gasteiger partial charge >= 0.3 is 6.03 Å². The summed E-state index contributed by atoms with van der Waals surface area (Å²) in [4.78, 5) is 12.8. The van der Waals surface area contributed by atoms with Gasteiger partial charge in [0, 0.05) is 24.3 Å². The molecule has 0 aromatic heterocycles. The molecule has 4 rings (SSSR count). The topological polar surface area (TPSA) is 108 Å². The van der Waals surface area contributed by atoms with Crippen LogP contribution in [-0.2, 0) is 34.3 Å². The minimum atomic E-state index is -3.67. The Labute approximate surface area is 206 Å². The van der Waals surface area contributed by atoms with Crippen LogP contribution in [0.25, 0.3) is 0 Å². The number of carbonyl (C=O) groups is 1. The van der Waals surface area contributed by atoms with Crippen LogP contribution in [0.3, 0.4) is 0 Å². The van der Waals surface area contributed by atoms with Crippen molar-refractivity contribution >= 4 is 21.6 Å². The number of hydrogen-bond donors (Lipinski definition) is 4. The monoisotopic (exact) mass is 493 g/mol. The SMILES string of the molecule is CC(NC(=O)Nc1ccc(S(=O)(=O)Cc2ccc3c(c2)CNC3)cc1C(C)(C)O)c1ccccc1. The summed E-state index contributed by atoms with van der Waals surface area (Å²) in [6.07, 6.45) is 0. The van der Waals surface area contributed by atoms with Crippen LogP contribution in [0.2, 0.25) is 0 Å². The highest BCUT2D eigenvalue weighted by Crippen LogP contribution is 2.32. The van der Waals surface area contributed by atoms with E-state index in [1.807, 2.05) is 55.5 Å². The number of benzene rings is 3. The molecular formula is C27H31N3O4S. The molecule has 1 unspecified atom stereocenters. The molecule has 0 saturated carbocycles. The maximum absolute atomic E-state index is 13.2. The Kier molecular flexibility index (Phi) is 6.98. The van der Waals surface area contributed by atoms with Crippen molar-refractivity contribution in [1.82, 2.24) is 10.6 Å². The van der Waals surface area contributed by atoms with E-state index >= 15 is 0 Å². The Morgan fingerprint density at radius 1 is 1.03 bits per heavy atom. The second-order valence-corrected chi connectivity index (χ2v) is 11.5. The highest BCUT2D eigenvalue weighted by atomic mass is 32.2. The largest absolute Gasteiger partial charge is 0.386 e. The standard InChI is InChI=1S/C27H31N3O4S/c1-18(20-7-5-4-6-8-20)29-26(31)30-25-12-11-23(14-24(25)27(2,3)32)35(33,34)17-19-9-10-21-15-28-16-22(21)13-19/h4-14,18,28,32H,15-17H2,1-3H3,(H2,29,30,31). The maximum Gasteiger partial charge on any atom is 0.319 e. The van der Waals surface area contributed by atoms with Crippen LogP contribution < -0.4 is 16.0 Å². The van der Waals surface area contributed by atoms with E-state index in [0.717, 1.165) is 24.2 Å². The minimum Gasteiger partial charge on any atom is -0.386 e. The fourth-order valence-electron chi connectivity index (χ4n) is 4.25. The molecule has 184 valence electrons. The second kappa shape index (κ2) is 9.81. The van der Waals surface area contributed by atoms with Crippen LogP contribution in [0.5, 0.6) is 0 Å². The third-order valence-corrected chi connectivity index (χ3v) is 7.85. The van der Waals surface area contributed by atoms with Gasteiger partial charge in [-0.3, -0.25) is 0 Å². The van der Waals surface area contributed by atoms with Crippen molar-refractivity contribution in [3.63, 3.8) is 0 Å². The van der Waals surface area contributed by atoms with Crippen LogP contribution >= 0.6 is 0 Å². The third-order valence-electron chi connectivity index (χ3n) is 6.16. The van der Waals surface area contributed by atoms with Gasteiger partial charge in [0.15, 0.2) is 9.84 Å². The lowest BCUT2D eigenvalue weighted by Crippen LogP contribution is -2.32. The first-order valence-electron chi connectivity index (χ1n) is 11.6. The van der Waals surface area contributed by atoms with Crippen molar-refractivity contribution in [2.75, 3.05) is 5.32 Å². The zero-order valence-electron chi connectivity index (χ0n) is 20.1. The molecule has 0 radical (unpaired) electrons. The lowest BCUT2D eigenvalue weighted by molar-refractivity contribution is 0.0791. The molecule has 4 N–H and O–H groups in total. The first-order chi connectivity index (χ1) is 16.5. The van der Waals surface area contributed by atoms with Crippen molar-refractivity contribution in [3.05, 3.63) is 94.5 Å². The maximum atomic E-state index is 13.2. The number of rotatable bonds is 7. The van der Waals surface area contributed by atoms with Crippen molar-refractivity contribution in [1.29, 1.82) is 0 Å². The number of aliphatic hydroxyl groups is 1. The fraction of sp³-hybridized carbons (Fsp3) is 0.296. The Morgan fingerprint density at radius 3 is 2.46 bits per heavy atom. The molecule has 1 heterocycles. The summed E-state index contributed by atoms with van der Waals surface area (Å²) < 4.78 is 26.4. The van der Waals surface area contributed by atoms with Gasteiger partial charge in [0.05, 0.1) is 22.3 Å². The number of sulfone groups is 1. The molecule has 0 fully saturated rings. The Bertz CT molecular complexity index is 1330. The predicted molar refractivity (Wildman–Crippen MR) is 137 cm³/mol. The average molecular weight is 494 g/mol. The first-order valence-corrected chi connectivity index (χ1v) is 13.2. The molecular weight excluding hydrogens is 462 g/mol. The minimum absolute atomic E-state index is 0.0943. The van der Waals surface area contributed by atoms with Gasteiger partial charge in [0.2, 0.25) is 0 Å². The molecule has 3 aromatic rings. The van der Waals surface area contributed by atoms with Crippen LogP contribution in [0.4, 0.5) is 10.5 Å². The van der Waals surface area contributed by atoms with Gasteiger partial charge in [-0.1, -0.05) is 48.5 Å². The Hall–Kier alpha value is -3.20. The number of hydrogen-bond acceptors (Lipinski definition) is 5. The van der Waals surface area contributed by atoms with Gasteiger partial charge in [-0.15, -0.1) is 0 Å². The number of anilines is 1. The van der Waals surface area contributed by atoms with E-state index in [2.05, 4.69) is 16.0 Å². The summed E-state index contributed by atoms with van der Waals surface area (Å²) in [5, 5.41) is 19.6. The third kappa shape index (κ3) is 5.90. The molecule has 1 aliphatic heterocycles. The highest BCUT2D eigenvalue weighted by molar-refractivity contribution is 7.90. The first kappa shape index (κ1) is 24.9. The van der Waals surface area contributed by atoms with Crippen molar-refractivity contribution in [3.8, 4) is 0 Å².